The predicted octanol–water partition coefficient (Wildman–Crippen LogP) is 8.53. The molecule has 0 amide bonds. The molecule has 46 heavy (non-hydrogen) atoms. The molecule has 0 saturated heterocycles. The van der Waals surface area contributed by atoms with Gasteiger partial charge in [0, 0.05) is 0 Å². The Morgan fingerprint density at radius 3 is 0.761 bits per heavy atom. The van der Waals surface area contributed by atoms with Crippen molar-refractivity contribution in [2.45, 2.75) is 19.8 Å². The second-order valence-corrected chi connectivity index (χ2v) is 19.0. The summed E-state index contributed by atoms with van der Waals surface area (Å²) in [7, 11) is -5.76. The van der Waals surface area contributed by atoms with E-state index in [0.29, 0.717) is 0 Å². The van der Waals surface area contributed by atoms with Crippen molar-refractivity contribution in [3.05, 3.63) is 182 Å². The van der Waals surface area contributed by atoms with Crippen LogP contribution in [0.1, 0.15) is 19.8 Å². The fourth-order valence-corrected chi connectivity index (χ4v) is 20.2. The van der Waals surface area contributed by atoms with E-state index in [9.17, 15) is 0 Å². The minimum absolute atomic E-state index is 0. The smallest absolute Gasteiger partial charge is 0.147 e. The molecule has 0 bridgehead atoms. The number of hydrogen-bond acceptors (Lipinski definition) is 2. The molecule has 0 fully saturated rings. The van der Waals surface area contributed by atoms with Crippen LogP contribution in [-0.4, -0.2) is 11.0 Å². The van der Waals surface area contributed by atoms with E-state index in [1.54, 1.807) is 0 Å². The van der Waals surface area contributed by atoms with Gasteiger partial charge in [0.25, 0.3) is 0 Å². The summed E-state index contributed by atoms with van der Waals surface area (Å²) in [6.07, 6.45) is 2.24. The number of rotatable bonds is 11. The number of unbranched alkanes of at least 4 members (excludes halogenated alkanes) is 1. The third kappa shape index (κ3) is 6.92. The summed E-state index contributed by atoms with van der Waals surface area (Å²) in [5, 5.41) is 8.52. The molecule has 0 atom stereocenters. The van der Waals surface area contributed by atoms with Crippen LogP contribution in [0.5, 0.6) is 0 Å². The molecule has 0 aliphatic carbocycles. The van der Waals surface area contributed by atoms with Gasteiger partial charge in [-0.2, -0.15) is 0 Å². The van der Waals surface area contributed by atoms with Crippen LogP contribution < -0.4 is 38.0 Å². The van der Waals surface area contributed by atoms with Crippen LogP contribution in [0, 0.1) is 0 Å². The molecule has 3 N–H and O–H groups in total. The quantitative estimate of drug-likeness (QED) is 0.136. The zero-order chi connectivity index (χ0) is 29.4. The predicted molar refractivity (Wildman–Crippen MR) is 217 cm³/mol. The Morgan fingerprint density at radius 1 is 0.391 bits per heavy atom. The molecule has 240 valence electrons. The zero-order valence-electron chi connectivity index (χ0n) is 26.4. The van der Waals surface area contributed by atoms with Crippen LogP contribution in [0.3, 0.4) is 0 Å². The van der Waals surface area contributed by atoms with Crippen molar-refractivity contribution in [3.63, 3.8) is 0 Å². The molecular weight excluding hydrogens is 686 g/mol. The van der Waals surface area contributed by atoms with E-state index in [4.69, 9.17) is 0 Å². The van der Waals surface area contributed by atoms with Crippen LogP contribution in [-0.2, 0) is 0 Å². The fraction of sp³-hybridized carbons (Fsp3) is 0.100. The van der Waals surface area contributed by atoms with Gasteiger partial charge in [-0.3, -0.25) is 0 Å². The summed E-state index contributed by atoms with van der Waals surface area (Å²) < 4.78 is 3.09. The van der Waals surface area contributed by atoms with Crippen molar-refractivity contribution >= 4 is 76.0 Å². The molecule has 0 aliphatic rings. The molecule has 0 unspecified atom stereocenters. The maximum absolute atomic E-state index is 3.09. The third-order valence-corrected chi connectivity index (χ3v) is 19.8. The number of halogens is 2. The summed E-state index contributed by atoms with van der Waals surface area (Å²) in [6.45, 7) is 3.32. The molecule has 6 aromatic rings. The van der Waals surface area contributed by atoms with Crippen LogP contribution in [0.2, 0.25) is 0 Å². The Balaban J connectivity index is 0.00000192. The Hall–Kier alpha value is -3.13. The maximum Gasteiger partial charge on any atom is -0.147 e. The van der Waals surface area contributed by atoms with Crippen molar-refractivity contribution in [3.8, 4) is 0 Å². The average molecular weight is 732 g/mol. The normalized spacial score (nSPS) is 11.8. The molecule has 0 spiro atoms. The Morgan fingerprint density at radius 2 is 0.587 bits per heavy atom. The van der Waals surface area contributed by atoms with Gasteiger partial charge in [-0.05, 0) is 0 Å². The van der Waals surface area contributed by atoms with Crippen molar-refractivity contribution < 1.29 is 0 Å². The molecule has 6 rings (SSSR count). The standard InChI is InChI=1S/C40H41NP2.BrH.ClH.H3N/c1-2-3-34-41(42(35-22-10-4-11-23-35,36-24-12-5-13-25-36)37-26-14-6-15-27-37)43(38-28-16-7-17-29-38,39-30-18-8-19-31-39)40-32-20-9-21-33-40;;;/h4-33,42-43H,2-3,34H2,1H3;2*1H;1H3. The molecule has 0 radical (unpaired) electrons. The number of nitrogens with zero attached hydrogens (tertiary/aromatic N) is 1. The zero-order valence-corrected chi connectivity index (χ0v) is 30.9. The molecule has 2 nitrogen and oxygen atoms in total. The molecule has 0 aliphatic heterocycles. The van der Waals surface area contributed by atoms with Gasteiger partial charge < -0.3 is 6.15 Å². The second kappa shape index (κ2) is 17.7. The number of benzene rings is 6. The Kier molecular flexibility index (Phi) is 14.4. The first-order chi connectivity index (χ1) is 21.3. The second-order valence-electron chi connectivity index (χ2n) is 11.1. The summed E-state index contributed by atoms with van der Waals surface area (Å²) in [5.41, 5.74) is 0. The summed E-state index contributed by atoms with van der Waals surface area (Å²) >= 11 is 0. The van der Waals surface area contributed by atoms with E-state index in [1.165, 1.54) is 31.8 Å². The molecule has 0 aromatic heterocycles. The van der Waals surface area contributed by atoms with E-state index in [1.807, 2.05) is 0 Å². The first-order valence-corrected chi connectivity index (χ1v) is 19.3. The topological polar surface area (TPSA) is 38.2 Å². The van der Waals surface area contributed by atoms with Crippen LogP contribution in [0.4, 0.5) is 0 Å². The molecular formula is C40H46BrClN2P2. The largest absolute Gasteiger partial charge is 0.344 e. The first-order valence-electron chi connectivity index (χ1n) is 15.4. The molecule has 6 heteroatoms. The third-order valence-electron chi connectivity index (χ3n) is 8.69. The fourth-order valence-electron chi connectivity index (χ4n) is 6.91. The van der Waals surface area contributed by atoms with E-state index in [2.05, 4.69) is 193 Å². The van der Waals surface area contributed by atoms with E-state index >= 15 is 0 Å². The van der Waals surface area contributed by atoms with Gasteiger partial charge in [0.15, 0.2) is 0 Å². The van der Waals surface area contributed by atoms with Crippen molar-refractivity contribution in [2.75, 3.05) is 6.54 Å². The van der Waals surface area contributed by atoms with Gasteiger partial charge in [-0.1, -0.05) is 0 Å². The van der Waals surface area contributed by atoms with Gasteiger partial charge in [-0.15, -0.1) is 29.4 Å². The average Bonchev–Trinajstić information content (AvgIpc) is 3.10. The van der Waals surface area contributed by atoms with Crippen LogP contribution in [0.15, 0.2) is 182 Å². The minimum Gasteiger partial charge on any atom is -0.344 e. The first kappa shape index (κ1) is 37.3. The Bertz CT molecular complexity index is 1380. The monoisotopic (exact) mass is 730 g/mol. The summed E-state index contributed by atoms with van der Waals surface area (Å²) in [6, 6.07) is 68.5. The summed E-state index contributed by atoms with van der Waals surface area (Å²) in [4.78, 5) is 0. The molecule has 6 aromatic carbocycles. The van der Waals surface area contributed by atoms with Crippen molar-refractivity contribution in [1.82, 2.24) is 10.6 Å². The van der Waals surface area contributed by atoms with E-state index in [-0.39, 0.29) is 35.5 Å². The molecule has 0 heterocycles. The van der Waals surface area contributed by atoms with Gasteiger partial charge in [-0.25, -0.2) is 0 Å². The van der Waals surface area contributed by atoms with Crippen LogP contribution in [0.25, 0.3) is 0 Å². The molecule has 0 saturated carbocycles. The van der Waals surface area contributed by atoms with Gasteiger partial charge in [0.1, 0.15) is 0 Å². The van der Waals surface area contributed by atoms with E-state index in [0.717, 1.165) is 19.4 Å². The summed E-state index contributed by atoms with van der Waals surface area (Å²) in [5.74, 6) is 0. The van der Waals surface area contributed by atoms with E-state index < -0.39 is 14.8 Å². The minimum atomic E-state index is -2.88. The van der Waals surface area contributed by atoms with Gasteiger partial charge in [0.05, 0.1) is 0 Å². The Labute approximate surface area is 293 Å². The maximum atomic E-state index is 3.09. The van der Waals surface area contributed by atoms with Gasteiger partial charge >= 0.3 is 259 Å². The van der Waals surface area contributed by atoms with Crippen molar-refractivity contribution in [1.29, 1.82) is 0 Å². The number of hydrogen-bond donors (Lipinski definition) is 1. The SMILES string of the molecule is Br.CCCCN([PH](c1ccccc1)(c1ccccc1)c1ccccc1)[PH](c1ccccc1)(c1ccccc1)c1ccccc1.Cl.N. The van der Waals surface area contributed by atoms with Gasteiger partial charge in [0.2, 0.25) is 0 Å². The van der Waals surface area contributed by atoms with Crippen molar-refractivity contribution in [2.24, 2.45) is 0 Å². The van der Waals surface area contributed by atoms with Crippen LogP contribution >= 0.6 is 44.2 Å².